The molecule has 0 rings (SSSR count). The van der Waals surface area contributed by atoms with E-state index < -0.39 is 5.97 Å². The third-order valence-electron chi connectivity index (χ3n) is 1.37. The molecule has 0 unspecified atom stereocenters. The summed E-state index contributed by atoms with van der Waals surface area (Å²) in [5, 5.41) is 8.46. The number of hydrogen-bond donors (Lipinski definition) is 1. The normalized spacial score (nSPS) is 11.4. The molecule has 0 aromatic rings. The van der Waals surface area contributed by atoms with E-state index in [2.05, 4.69) is 0 Å². The predicted octanol–water partition coefficient (Wildman–Crippen LogP) is 0.654. The Balaban J connectivity index is 3.29. The first-order valence-electron chi connectivity index (χ1n) is 4.27. The van der Waals surface area contributed by atoms with Crippen LogP contribution in [0.3, 0.4) is 0 Å². The van der Waals surface area contributed by atoms with Gasteiger partial charge in [0.25, 0.3) is 0 Å². The topological polar surface area (TPSA) is 65.0 Å². The van der Waals surface area contributed by atoms with Crippen LogP contribution in [0.15, 0.2) is 11.8 Å². The van der Waals surface area contributed by atoms with Gasteiger partial charge >= 0.3 is 5.97 Å². The molecule has 0 amide bonds. The second-order valence-corrected chi connectivity index (χ2v) is 2.58. The molecule has 5 nitrogen and oxygen atoms in total. The van der Waals surface area contributed by atoms with Crippen LogP contribution in [0.1, 0.15) is 6.92 Å². The predicted molar refractivity (Wildman–Crippen MR) is 50.0 cm³/mol. The molecule has 0 bridgehead atoms. The third kappa shape index (κ3) is 7.57. The molecule has 0 radical (unpaired) electrons. The molecule has 0 aromatic carbocycles. The standard InChI is InChI=1S/C9H16O5/c1-8(9(10)11)7-14-6-5-13-4-3-12-2/h7H,3-6H2,1-2H3,(H,10,11). The Labute approximate surface area is 83.3 Å². The van der Waals surface area contributed by atoms with E-state index in [9.17, 15) is 4.79 Å². The number of carboxylic acids is 1. The molecule has 0 spiro atoms. The number of hydrogen-bond acceptors (Lipinski definition) is 4. The minimum Gasteiger partial charge on any atom is -0.498 e. The molecule has 0 atom stereocenters. The van der Waals surface area contributed by atoms with Crippen LogP contribution in [0.5, 0.6) is 0 Å². The van der Waals surface area contributed by atoms with Crippen LogP contribution < -0.4 is 0 Å². The van der Waals surface area contributed by atoms with Gasteiger partial charge in [0.15, 0.2) is 0 Å². The molecule has 0 aliphatic carbocycles. The summed E-state index contributed by atoms with van der Waals surface area (Å²) in [6.45, 7) is 3.29. The summed E-state index contributed by atoms with van der Waals surface area (Å²) in [6.07, 6.45) is 1.21. The maximum absolute atomic E-state index is 10.3. The maximum Gasteiger partial charge on any atom is 0.334 e. The van der Waals surface area contributed by atoms with Crippen LogP contribution in [-0.2, 0) is 19.0 Å². The van der Waals surface area contributed by atoms with E-state index in [1.807, 2.05) is 0 Å². The van der Waals surface area contributed by atoms with Gasteiger partial charge in [-0.05, 0) is 6.92 Å². The van der Waals surface area contributed by atoms with Gasteiger partial charge in [0, 0.05) is 7.11 Å². The molecule has 0 saturated carbocycles. The number of methoxy groups -OCH3 is 1. The molecule has 82 valence electrons. The lowest BCUT2D eigenvalue weighted by atomic mass is 10.3. The summed E-state index contributed by atoms with van der Waals surface area (Å²) in [4.78, 5) is 10.3. The van der Waals surface area contributed by atoms with Crippen molar-refractivity contribution in [2.75, 3.05) is 33.5 Å². The molecule has 5 heteroatoms. The molecule has 0 heterocycles. The van der Waals surface area contributed by atoms with Crippen molar-refractivity contribution in [1.82, 2.24) is 0 Å². The second kappa shape index (κ2) is 8.52. The zero-order chi connectivity index (χ0) is 10.8. The Morgan fingerprint density at radius 3 is 2.50 bits per heavy atom. The van der Waals surface area contributed by atoms with Gasteiger partial charge in [-0.15, -0.1) is 0 Å². The lowest BCUT2D eigenvalue weighted by Gasteiger charge is -2.03. The van der Waals surface area contributed by atoms with Gasteiger partial charge in [0.2, 0.25) is 0 Å². The summed E-state index contributed by atoms with van der Waals surface area (Å²) < 4.78 is 14.8. The van der Waals surface area contributed by atoms with Crippen LogP contribution in [0.4, 0.5) is 0 Å². The minimum atomic E-state index is -0.981. The van der Waals surface area contributed by atoms with E-state index in [0.717, 1.165) is 0 Å². The van der Waals surface area contributed by atoms with Gasteiger partial charge in [-0.2, -0.15) is 0 Å². The molecule has 0 aromatic heterocycles. The summed E-state index contributed by atoms with van der Waals surface area (Å²) >= 11 is 0. The molecule has 1 N–H and O–H groups in total. The average molecular weight is 204 g/mol. The van der Waals surface area contributed by atoms with Crippen molar-refractivity contribution in [3.63, 3.8) is 0 Å². The molecular weight excluding hydrogens is 188 g/mol. The van der Waals surface area contributed by atoms with Crippen LogP contribution in [0, 0.1) is 0 Å². The third-order valence-corrected chi connectivity index (χ3v) is 1.37. The van der Waals surface area contributed by atoms with Gasteiger partial charge in [-0.25, -0.2) is 4.79 Å². The first-order chi connectivity index (χ1) is 6.68. The minimum absolute atomic E-state index is 0.168. The van der Waals surface area contributed by atoms with Crippen molar-refractivity contribution in [3.8, 4) is 0 Å². The van der Waals surface area contributed by atoms with Crippen molar-refractivity contribution in [2.45, 2.75) is 6.92 Å². The number of rotatable bonds is 8. The van der Waals surface area contributed by atoms with E-state index >= 15 is 0 Å². The zero-order valence-corrected chi connectivity index (χ0v) is 8.49. The number of ether oxygens (including phenoxy) is 3. The Morgan fingerprint density at radius 2 is 1.93 bits per heavy atom. The Kier molecular flexibility index (Phi) is 7.87. The van der Waals surface area contributed by atoms with Gasteiger partial charge in [0.1, 0.15) is 6.61 Å². The number of carboxylic acid groups (broad SMARTS) is 1. The number of aliphatic carboxylic acids is 1. The molecule has 0 saturated heterocycles. The van der Waals surface area contributed by atoms with E-state index in [1.165, 1.54) is 13.2 Å². The number of carbonyl (C=O) groups is 1. The van der Waals surface area contributed by atoms with Crippen molar-refractivity contribution >= 4 is 5.97 Å². The zero-order valence-electron chi connectivity index (χ0n) is 8.49. The fraction of sp³-hybridized carbons (Fsp3) is 0.667. The van der Waals surface area contributed by atoms with Crippen molar-refractivity contribution in [3.05, 3.63) is 11.8 Å². The lowest BCUT2D eigenvalue weighted by Crippen LogP contribution is -2.07. The summed E-state index contributed by atoms with van der Waals surface area (Å²) in [5.74, 6) is -0.981. The highest BCUT2D eigenvalue weighted by molar-refractivity contribution is 5.85. The van der Waals surface area contributed by atoms with E-state index in [0.29, 0.717) is 26.4 Å². The fourth-order valence-corrected chi connectivity index (χ4v) is 0.586. The summed E-state index contributed by atoms with van der Waals surface area (Å²) in [6, 6.07) is 0. The van der Waals surface area contributed by atoms with Crippen molar-refractivity contribution < 1.29 is 24.1 Å². The summed E-state index contributed by atoms with van der Waals surface area (Å²) in [5.41, 5.74) is 0.168. The van der Waals surface area contributed by atoms with Crippen molar-refractivity contribution in [1.29, 1.82) is 0 Å². The highest BCUT2D eigenvalue weighted by Crippen LogP contribution is 1.92. The Morgan fingerprint density at radius 1 is 1.29 bits per heavy atom. The highest BCUT2D eigenvalue weighted by Gasteiger charge is 1.98. The van der Waals surface area contributed by atoms with Crippen LogP contribution in [-0.4, -0.2) is 44.6 Å². The van der Waals surface area contributed by atoms with Gasteiger partial charge in [-0.3, -0.25) is 0 Å². The quantitative estimate of drug-likeness (QED) is 0.357. The van der Waals surface area contributed by atoms with E-state index in [-0.39, 0.29) is 5.57 Å². The maximum atomic E-state index is 10.3. The SMILES string of the molecule is COCCOCCOC=C(C)C(=O)O. The average Bonchev–Trinajstić information content (AvgIpc) is 2.16. The van der Waals surface area contributed by atoms with Crippen molar-refractivity contribution in [2.24, 2.45) is 0 Å². The Hall–Kier alpha value is -1.07. The lowest BCUT2D eigenvalue weighted by molar-refractivity contribution is -0.132. The first-order valence-corrected chi connectivity index (χ1v) is 4.27. The van der Waals surface area contributed by atoms with E-state index in [4.69, 9.17) is 19.3 Å². The Bertz CT molecular complexity index is 188. The van der Waals surface area contributed by atoms with Gasteiger partial charge in [-0.1, -0.05) is 0 Å². The molecule has 0 fully saturated rings. The van der Waals surface area contributed by atoms with E-state index in [1.54, 1.807) is 7.11 Å². The second-order valence-electron chi connectivity index (χ2n) is 2.58. The molecule has 14 heavy (non-hydrogen) atoms. The summed E-state index contributed by atoms with van der Waals surface area (Å²) in [7, 11) is 1.60. The largest absolute Gasteiger partial charge is 0.498 e. The molecule has 0 aliphatic rings. The van der Waals surface area contributed by atoms with Gasteiger partial charge < -0.3 is 19.3 Å². The molecule has 0 aliphatic heterocycles. The van der Waals surface area contributed by atoms with Crippen LogP contribution >= 0.6 is 0 Å². The first kappa shape index (κ1) is 12.9. The van der Waals surface area contributed by atoms with Crippen LogP contribution in [0.25, 0.3) is 0 Å². The van der Waals surface area contributed by atoms with Gasteiger partial charge in [0.05, 0.1) is 31.7 Å². The highest BCUT2D eigenvalue weighted by atomic mass is 16.5. The smallest absolute Gasteiger partial charge is 0.334 e. The van der Waals surface area contributed by atoms with Crippen LogP contribution in [0.2, 0.25) is 0 Å². The monoisotopic (exact) mass is 204 g/mol. The fourth-order valence-electron chi connectivity index (χ4n) is 0.586. The molecular formula is C9H16O5.